The van der Waals surface area contributed by atoms with Gasteiger partial charge in [0.05, 0.1) is 24.8 Å². The molecular weight excluding hydrogens is 390 g/mol. The van der Waals surface area contributed by atoms with Crippen LogP contribution in [0, 0.1) is 5.92 Å². The summed E-state index contributed by atoms with van der Waals surface area (Å²) < 4.78 is 11.7. The highest BCUT2D eigenvalue weighted by molar-refractivity contribution is 9.10. The predicted octanol–water partition coefficient (Wildman–Crippen LogP) is 4.98. The van der Waals surface area contributed by atoms with Gasteiger partial charge in [-0.2, -0.15) is 0 Å². The van der Waals surface area contributed by atoms with Gasteiger partial charge in [-0.25, -0.2) is 4.98 Å². The van der Waals surface area contributed by atoms with Crippen LogP contribution in [0.1, 0.15) is 25.0 Å². The Kier molecular flexibility index (Phi) is 5.68. The largest absolute Gasteiger partial charge is 0.496 e. The van der Waals surface area contributed by atoms with E-state index in [0.29, 0.717) is 12.3 Å². The van der Waals surface area contributed by atoms with Crippen molar-refractivity contribution in [3.05, 3.63) is 45.9 Å². The average molecular weight is 408 g/mol. The maximum absolute atomic E-state index is 11.9. The van der Waals surface area contributed by atoms with E-state index in [4.69, 9.17) is 9.47 Å². The lowest BCUT2D eigenvalue weighted by Crippen LogP contribution is -2.09. The van der Waals surface area contributed by atoms with E-state index < -0.39 is 0 Å². The maximum atomic E-state index is 11.9. The van der Waals surface area contributed by atoms with Crippen molar-refractivity contribution in [3.63, 3.8) is 0 Å². The molecular formula is C18H18BrNO3S. The molecule has 1 aliphatic rings. The average Bonchev–Trinajstić information content (AvgIpc) is 3.24. The van der Waals surface area contributed by atoms with Gasteiger partial charge in [-0.3, -0.25) is 4.79 Å². The Hall–Kier alpha value is -1.66. The first-order valence-electron chi connectivity index (χ1n) is 7.76. The summed E-state index contributed by atoms with van der Waals surface area (Å²) in [5, 5.41) is 2.76. The van der Waals surface area contributed by atoms with Gasteiger partial charge in [0.2, 0.25) is 0 Å². The van der Waals surface area contributed by atoms with Crippen molar-refractivity contribution >= 4 is 33.2 Å². The van der Waals surface area contributed by atoms with Crippen molar-refractivity contribution in [1.29, 1.82) is 0 Å². The Morgan fingerprint density at radius 3 is 3.08 bits per heavy atom. The Morgan fingerprint density at radius 2 is 2.33 bits per heavy atom. The summed E-state index contributed by atoms with van der Waals surface area (Å²) in [4.78, 5) is 16.4. The van der Waals surface area contributed by atoms with Crippen molar-refractivity contribution in [2.24, 2.45) is 5.92 Å². The van der Waals surface area contributed by atoms with E-state index in [1.54, 1.807) is 7.11 Å². The summed E-state index contributed by atoms with van der Waals surface area (Å²) in [5.74, 6) is 0.930. The number of allylic oxidation sites excluding steroid dienone is 2. The van der Waals surface area contributed by atoms with Crippen molar-refractivity contribution in [1.82, 2.24) is 4.98 Å². The number of hydrogen-bond acceptors (Lipinski definition) is 5. The molecule has 0 aliphatic heterocycles. The van der Waals surface area contributed by atoms with E-state index in [1.807, 2.05) is 23.6 Å². The Morgan fingerprint density at radius 1 is 1.46 bits per heavy atom. The number of aromatic nitrogens is 1. The third-order valence-corrected chi connectivity index (χ3v) is 5.28. The fraction of sp³-hybridized carbons (Fsp3) is 0.333. The van der Waals surface area contributed by atoms with Crippen LogP contribution in [0.5, 0.6) is 5.75 Å². The molecule has 0 bridgehead atoms. The molecule has 0 saturated carbocycles. The summed E-state index contributed by atoms with van der Waals surface area (Å²) in [7, 11) is 1.64. The van der Waals surface area contributed by atoms with E-state index in [-0.39, 0.29) is 12.6 Å². The first kappa shape index (κ1) is 17.2. The summed E-state index contributed by atoms with van der Waals surface area (Å²) in [6, 6.07) is 5.80. The normalized spacial score (nSPS) is 16.3. The smallest absolute Gasteiger partial charge is 0.306 e. The molecule has 1 aromatic carbocycles. The van der Waals surface area contributed by atoms with Gasteiger partial charge < -0.3 is 9.47 Å². The van der Waals surface area contributed by atoms with Crippen LogP contribution in [0.15, 0.2) is 40.2 Å². The minimum atomic E-state index is -0.166. The SMILES string of the molecule is COc1ccc(Br)cc1-c1nc(COC(=O)C[C@@H]2C=CCC2)cs1. The molecule has 1 atom stereocenters. The zero-order chi connectivity index (χ0) is 16.9. The summed E-state index contributed by atoms with van der Waals surface area (Å²) in [6.45, 7) is 0.210. The number of benzene rings is 1. The van der Waals surface area contributed by atoms with Crippen molar-refractivity contribution in [3.8, 4) is 16.3 Å². The maximum Gasteiger partial charge on any atom is 0.306 e. The number of rotatable bonds is 6. The summed E-state index contributed by atoms with van der Waals surface area (Å²) in [6.07, 6.45) is 6.77. The highest BCUT2D eigenvalue weighted by atomic mass is 79.9. The van der Waals surface area contributed by atoms with Crippen molar-refractivity contribution < 1.29 is 14.3 Å². The van der Waals surface area contributed by atoms with Crippen LogP contribution >= 0.6 is 27.3 Å². The quantitative estimate of drug-likeness (QED) is 0.500. The number of carbonyl (C=O) groups is 1. The van der Waals surface area contributed by atoms with Gasteiger partial charge in [0, 0.05) is 9.85 Å². The zero-order valence-electron chi connectivity index (χ0n) is 13.3. The molecule has 3 rings (SSSR count). The predicted molar refractivity (Wildman–Crippen MR) is 98.1 cm³/mol. The number of esters is 1. The van der Waals surface area contributed by atoms with Gasteiger partial charge >= 0.3 is 5.97 Å². The third-order valence-electron chi connectivity index (χ3n) is 3.87. The standard InChI is InChI=1S/C18H18BrNO3S/c1-22-16-7-6-13(19)9-15(16)18-20-14(11-24-18)10-23-17(21)8-12-4-2-3-5-12/h2,4,6-7,9,11-12H,3,5,8,10H2,1H3/t12-/m1/s1. The van der Waals surface area contributed by atoms with Crippen LogP contribution in [0.3, 0.4) is 0 Å². The van der Waals surface area contributed by atoms with E-state index in [2.05, 4.69) is 33.1 Å². The third kappa shape index (κ3) is 4.24. The van der Waals surface area contributed by atoms with Crippen LogP contribution < -0.4 is 4.74 Å². The number of ether oxygens (including phenoxy) is 2. The monoisotopic (exact) mass is 407 g/mol. The van der Waals surface area contributed by atoms with Crippen LogP contribution in [-0.2, 0) is 16.1 Å². The van der Waals surface area contributed by atoms with Crippen LogP contribution in [-0.4, -0.2) is 18.1 Å². The van der Waals surface area contributed by atoms with Gasteiger partial charge in [0.1, 0.15) is 17.4 Å². The molecule has 1 heterocycles. The second-order valence-electron chi connectivity index (χ2n) is 5.62. The van der Waals surface area contributed by atoms with Crippen LogP contribution in [0.2, 0.25) is 0 Å². The second-order valence-corrected chi connectivity index (χ2v) is 7.39. The lowest BCUT2D eigenvalue weighted by atomic mass is 10.1. The van der Waals surface area contributed by atoms with Gasteiger partial charge in [-0.05, 0) is 37.0 Å². The molecule has 4 nitrogen and oxygen atoms in total. The van der Waals surface area contributed by atoms with Crippen molar-refractivity contribution in [2.45, 2.75) is 25.9 Å². The van der Waals surface area contributed by atoms with E-state index in [9.17, 15) is 4.79 Å². The molecule has 0 unspecified atom stereocenters. The van der Waals surface area contributed by atoms with Gasteiger partial charge in [0.25, 0.3) is 0 Å². The summed E-state index contributed by atoms with van der Waals surface area (Å²) >= 11 is 4.98. The fourth-order valence-corrected chi connectivity index (χ4v) is 3.82. The molecule has 0 fully saturated rings. The Bertz CT molecular complexity index is 756. The molecule has 0 N–H and O–H groups in total. The molecule has 1 aromatic heterocycles. The molecule has 24 heavy (non-hydrogen) atoms. The molecule has 1 aliphatic carbocycles. The molecule has 2 aromatic rings. The molecule has 0 saturated heterocycles. The molecule has 126 valence electrons. The van der Waals surface area contributed by atoms with Crippen LogP contribution in [0.25, 0.3) is 10.6 Å². The molecule has 0 radical (unpaired) electrons. The first-order chi connectivity index (χ1) is 11.7. The summed E-state index contributed by atoms with van der Waals surface area (Å²) in [5.41, 5.74) is 1.68. The minimum Gasteiger partial charge on any atom is -0.496 e. The first-order valence-corrected chi connectivity index (χ1v) is 9.43. The number of halogens is 1. The topological polar surface area (TPSA) is 48.4 Å². The molecule has 0 spiro atoms. The van der Waals surface area contributed by atoms with Gasteiger partial charge in [0.15, 0.2) is 0 Å². The highest BCUT2D eigenvalue weighted by Gasteiger charge is 2.16. The fourth-order valence-electron chi connectivity index (χ4n) is 2.64. The zero-order valence-corrected chi connectivity index (χ0v) is 15.7. The van der Waals surface area contributed by atoms with Gasteiger partial charge in [-0.1, -0.05) is 28.1 Å². The second kappa shape index (κ2) is 7.94. The van der Waals surface area contributed by atoms with E-state index in [0.717, 1.165) is 39.3 Å². The number of thiazole rings is 1. The minimum absolute atomic E-state index is 0.166. The molecule has 0 amide bonds. The number of nitrogens with zero attached hydrogens (tertiary/aromatic N) is 1. The molecule has 6 heteroatoms. The van der Waals surface area contributed by atoms with E-state index >= 15 is 0 Å². The lowest BCUT2D eigenvalue weighted by molar-refractivity contribution is -0.145. The van der Waals surface area contributed by atoms with Crippen LogP contribution in [0.4, 0.5) is 0 Å². The number of methoxy groups -OCH3 is 1. The Labute approximate surface area is 153 Å². The van der Waals surface area contributed by atoms with Gasteiger partial charge in [-0.15, -0.1) is 11.3 Å². The highest BCUT2D eigenvalue weighted by Crippen LogP contribution is 2.34. The number of carbonyl (C=O) groups excluding carboxylic acids is 1. The lowest BCUT2D eigenvalue weighted by Gasteiger charge is -2.07. The van der Waals surface area contributed by atoms with Crippen molar-refractivity contribution in [2.75, 3.05) is 7.11 Å². The Balaban J connectivity index is 1.62. The van der Waals surface area contributed by atoms with E-state index in [1.165, 1.54) is 11.3 Å². The number of hydrogen-bond donors (Lipinski definition) is 0.